The zero-order chi connectivity index (χ0) is 16.8. The predicted octanol–water partition coefficient (Wildman–Crippen LogP) is -0.900. The summed E-state index contributed by atoms with van der Waals surface area (Å²) in [5.74, 6) is -1.33. The van der Waals surface area contributed by atoms with Gasteiger partial charge in [0.15, 0.2) is 5.58 Å². The fourth-order valence-electron chi connectivity index (χ4n) is 2.81. The predicted molar refractivity (Wildman–Crippen MR) is 84.8 cm³/mol. The second-order valence-electron chi connectivity index (χ2n) is 6.73. The molecule has 0 aliphatic carbocycles. The van der Waals surface area contributed by atoms with Crippen LogP contribution in [-0.4, -0.2) is 36.8 Å². The Balaban J connectivity index is 0.00000208. The minimum absolute atomic E-state index is 0. The molecule has 1 atom stereocenters. The molecule has 1 aliphatic heterocycles. The molecule has 0 spiro atoms. The molecule has 0 saturated carbocycles. The number of halogens is 1. The number of aromatic carboxylic acids is 1. The molecule has 1 fully saturated rings. The third-order valence-corrected chi connectivity index (χ3v) is 4.26. The van der Waals surface area contributed by atoms with E-state index in [4.69, 9.17) is 20.8 Å². The number of carbonyl (C=O) groups excluding carboxylic acids is 1. The zero-order valence-electron chi connectivity index (χ0n) is 14.3. The van der Waals surface area contributed by atoms with E-state index in [0.29, 0.717) is 31.4 Å². The van der Waals surface area contributed by atoms with E-state index >= 15 is 0 Å². The number of aromatic nitrogens is 1. The first-order valence-electron chi connectivity index (χ1n) is 7.43. The topological polar surface area (TPSA) is 78.6 Å². The van der Waals surface area contributed by atoms with E-state index in [0.717, 1.165) is 0 Å². The van der Waals surface area contributed by atoms with Gasteiger partial charge in [-0.15, -0.1) is 0 Å². The van der Waals surface area contributed by atoms with E-state index in [9.17, 15) is 9.90 Å². The molecule has 6 nitrogen and oxygen atoms in total. The van der Waals surface area contributed by atoms with Gasteiger partial charge in [0.05, 0.1) is 25.2 Å². The number of rotatable bonds is 2. The minimum atomic E-state index is -1.33. The van der Waals surface area contributed by atoms with Gasteiger partial charge < -0.3 is 24.0 Å². The molecule has 1 saturated heterocycles. The molecule has 1 aliphatic rings. The van der Waals surface area contributed by atoms with Crippen LogP contribution in [0.15, 0.2) is 16.5 Å². The number of hydrogen-bond donors (Lipinski definition) is 0. The van der Waals surface area contributed by atoms with Crippen LogP contribution in [-0.2, 0) is 4.74 Å². The van der Waals surface area contributed by atoms with Crippen molar-refractivity contribution in [1.29, 1.82) is 0 Å². The molecule has 8 heteroatoms. The van der Waals surface area contributed by atoms with E-state index < -0.39 is 5.97 Å². The van der Waals surface area contributed by atoms with Gasteiger partial charge in [-0.2, -0.15) is 4.98 Å². The minimum Gasteiger partial charge on any atom is -0.545 e. The first-order chi connectivity index (χ1) is 10.8. The number of fused-ring (bicyclic) bond motifs is 1. The summed E-state index contributed by atoms with van der Waals surface area (Å²) in [6.45, 7) is 8.11. The number of morpholine rings is 1. The normalized spacial score (nSPS) is 18.5. The van der Waals surface area contributed by atoms with Gasteiger partial charge in [0, 0.05) is 23.2 Å². The van der Waals surface area contributed by atoms with Gasteiger partial charge in [-0.3, -0.25) is 0 Å². The summed E-state index contributed by atoms with van der Waals surface area (Å²) >= 11 is 5.95. The van der Waals surface area contributed by atoms with Crippen molar-refractivity contribution in [2.75, 3.05) is 24.7 Å². The van der Waals surface area contributed by atoms with Gasteiger partial charge in [-0.25, -0.2) is 0 Å². The van der Waals surface area contributed by atoms with E-state index in [1.165, 1.54) is 6.07 Å². The summed E-state index contributed by atoms with van der Waals surface area (Å²) in [4.78, 5) is 17.7. The Morgan fingerprint density at radius 1 is 1.42 bits per heavy atom. The van der Waals surface area contributed by atoms with Crippen LogP contribution in [0.4, 0.5) is 6.01 Å². The molecule has 0 radical (unpaired) electrons. The van der Waals surface area contributed by atoms with E-state index in [1.807, 2.05) is 4.90 Å². The zero-order valence-corrected chi connectivity index (χ0v) is 15.0. The summed E-state index contributed by atoms with van der Waals surface area (Å²) in [5, 5.41) is 11.6. The Morgan fingerprint density at radius 2 is 2.12 bits per heavy atom. The quantitative estimate of drug-likeness (QED) is 0.657. The Morgan fingerprint density at radius 3 is 2.75 bits per heavy atom. The number of hydrogen-bond acceptors (Lipinski definition) is 6. The molecule has 1 aromatic carbocycles. The average Bonchev–Trinajstić information content (AvgIpc) is 2.88. The van der Waals surface area contributed by atoms with Crippen LogP contribution < -0.4 is 28.9 Å². The van der Waals surface area contributed by atoms with Gasteiger partial charge in [-0.05, 0) is 11.5 Å². The van der Waals surface area contributed by atoms with Crippen LogP contribution >= 0.6 is 11.6 Å². The molecule has 2 aromatic rings. The van der Waals surface area contributed by atoms with Crippen molar-refractivity contribution in [2.24, 2.45) is 5.41 Å². The second kappa shape index (κ2) is 6.97. The summed E-state index contributed by atoms with van der Waals surface area (Å²) in [7, 11) is 0. The molecule has 0 bridgehead atoms. The average molecular weight is 345 g/mol. The number of carboxylic acid groups (broad SMARTS) is 1. The maximum Gasteiger partial charge on any atom is 1.00 e. The monoisotopic (exact) mass is 344 g/mol. The number of oxazole rings is 1. The molecular formula is C16H18ClLiN2O4. The van der Waals surface area contributed by atoms with E-state index in [2.05, 4.69) is 25.8 Å². The second-order valence-corrected chi connectivity index (χ2v) is 7.17. The van der Waals surface area contributed by atoms with Crippen molar-refractivity contribution >= 4 is 34.7 Å². The Labute approximate surface area is 157 Å². The molecule has 24 heavy (non-hydrogen) atoms. The smallest absolute Gasteiger partial charge is 0.545 e. The van der Waals surface area contributed by atoms with Crippen molar-refractivity contribution in [3.63, 3.8) is 0 Å². The molecule has 0 amide bonds. The van der Waals surface area contributed by atoms with Gasteiger partial charge in [0.25, 0.3) is 6.01 Å². The van der Waals surface area contributed by atoms with Crippen molar-refractivity contribution < 1.29 is 37.9 Å². The van der Waals surface area contributed by atoms with E-state index in [1.54, 1.807) is 6.07 Å². The SMILES string of the molecule is CC(C)(C)[C@H]1COCCN1c1nc2c(C(=O)[O-])cc(Cl)cc2o1.[Li+]. The molecule has 0 unspecified atom stereocenters. The molecular weight excluding hydrogens is 327 g/mol. The number of carboxylic acids is 1. The third kappa shape index (κ3) is 3.57. The molecule has 0 N–H and O–H groups in total. The number of ether oxygens (including phenoxy) is 1. The van der Waals surface area contributed by atoms with Crippen LogP contribution in [0.25, 0.3) is 11.1 Å². The summed E-state index contributed by atoms with van der Waals surface area (Å²) in [5.41, 5.74) is 0.480. The number of nitrogens with zero attached hydrogens (tertiary/aromatic N) is 2. The van der Waals surface area contributed by atoms with Gasteiger partial charge >= 0.3 is 18.9 Å². The Kier molecular flexibility index (Phi) is 5.56. The van der Waals surface area contributed by atoms with Crippen LogP contribution in [0.2, 0.25) is 5.02 Å². The Hall–Kier alpha value is -1.19. The van der Waals surface area contributed by atoms with Crippen molar-refractivity contribution in [3.8, 4) is 0 Å². The van der Waals surface area contributed by atoms with Crippen molar-refractivity contribution in [3.05, 3.63) is 22.7 Å². The van der Waals surface area contributed by atoms with E-state index in [-0.39, 0.29) is 46.4 Å². The van der Waals surface area contributed by atoms with Crippen LogP contribution in [0.3, 0.4) is 0 Å². The molecule has 2 heterocycles. The van der Waals surface area contributed by atoms with Crippen LogP contribution in [0.1, 0.15) is 31.1 Å². The number of anilines is 1. The molecule has 124 valence electrons. The summed E-state index contributed by atoms with van der Waals surface area (Å²) < 4.78 is 11.4. The number of carbonyl (C=O) groups is 1. The first kappa shape index (κ1) is 19.1. The Bertz CT molecular complexity index is 756. The largest absolute Gasteiger partial charge is 1.00 e. The van der Waals surface area contributed by atoms with Gasteiger partial charge in [0.2, 0.25) is 0 Å². The first-order valence-corrected chi connectivity index (χ1v) is 7.81. The number of benzene rings is 1. The van der Waals surface area contributed by atoms with Gasteiger partial charge in [0.1, 0.15) is 5.52 Å². The van der Waals surface area contributed by atoms with Crippen molar-refractivity contribution in [1.82, 2.24) is 4.98 Å². The maximum atomic E-state index is 11.3. The fraction of sp³-hybridized carbons (Fsp3) is 0.500. The third-order valence-electron chi connectivity index (χ3n) is 4.04. The summed E-state index contributed by atoms with van der Waals surface area (Å²) in [6.07, 6.45) is 0. The van der Waals surface area contributed by atoms with Crippen molar-refractivity contribution in [2.45, 2.75) is 26.8 Å². The maximum absolute atomic E-state index is 11.3. The van der Waals surface area contributed by atoms with Crippen LogP contribution in [0.5, 0.6) is 0 Å². The van der Waals surface area contributed by atoms with Gasteiger partial charge in [-0.1, -0.05) is 32.4 Å². The fourth-order valence-corrected chi connectivity index (χ4v) is 3.02. The standard InChI is InChI=1S/C16H19ClN2O4.Li/c1-16(2,3)12-8-22-5-4-19(12)15-18-13-10(14(20)21)6-9(17)7-11(13)23-15;/h6-7,12H,4-5,8H2,1-3H3,(H,20,21);/q;+1/p-1/t12-;/m1./s1. The molecule has 3 rings (SSSR count). The molecule has 1 aromatic heterocycles. The summed E-state index contributed by atoms with van der Waals surface area (Å²) in [6, 6.07) is 3.34. The van der Waals surface area contributed by atoms with Crippen LogP contribution in [0, 0.1) is 5.41 Å².